The first kappa shape index (κ1) is 11.2. The van der Waals surface area contributed by atoms with Crippen molar-refractivity contribution < 1.29 is 14.3 Å². The first-order chi connectivity index (χ1) is 8.62. The SMILES string of the molecule is NC(=O)C1(c2ccc3c(c2)CCC(=O)N3)COC1. The Morgan fingerprint density at radius 2 is 2.11 bits per heavy atom. The number of nitrogens with one attached hydrogen (secondary N) is 1. The molecule has 1 aromatic carbocycles. The molecule has 18 heavy (non-hydrogen) atoms. The van der Waals surface area contributed by atoms with Gasteiger partial charge >= 0.3 is 0 Å². The number of anilines is 1. The number of ether oxygens (including phenoxy) is 1. The highest BCUT2D eigenvalue weighted by Gasteiger charge is 2.46. The number of rotatable bonds is 2. The van der Waals surface area contributed by atoms with Gasteiger partial charge in [0.1, 0.15) is 5.41 Å². The van der Waals surface area contributed by atoms with Crippen molar-refractivity contribution in [2.75, 3.05) is 18.5 Å². The Hall–Kier alpha value is -1.88. The van der Waals surface area contributed by atoms with E-state index in [2.05, 4.69) is 5.32 Å². The van der Waals surface area contributed by atoms with Crippen molar-refractivity contribution in [2.45, 2.75) is 18.3 Å². The summed E-state index contributed by atoms with van der Waals surface area (Å²) in [4.78, 5) is 22.9. The second kappa shape index (κ2) is 3.81. The number of amides is 2. The van der Waals surface area contributed by atoms with E-state index in [0.29, 0.717) is 26.1 Å². The van der Waals surface area contributed by atoms with Gasteiger partial charge in [-0.3, -0.25) is 9.59 Å². The number of fused-ring (bicyclic) bond motifs is 1. The zero-order valence-electron chi connectivity index (χ0n) is 9.86. The Bertz CT molecular complexity index is 535. The molecule has 1 aromatic rings. The number of hydrogen-bond acceptors (Lipinski definition) is 3. The van der Waals surface area contributed by atoms with Crippen molar-refractivity contribution in [3.05, 3.63) is 29.3 Å². The molecule has 0 unspecified atom stereocenters. The van der Waals surface area contributed by atoms with E-state index in [9.17, 15) is 9.59 Å². The maximum atomic E-state index is 11.6. The monoisotopic (exact) mass is 246 g/mol. The number of primary amides is 1. The summed E-state index contributed by atoms with van der Waals surface area (Å²) in [6.45, 7) is 0.682. The molecule has 94 valence electrons. The highest BCUT2D eigenvalue weighted by atomic mass is 16.5. The van der Waals surface area contributed by atoms with Crippen LogP contribution in [-0.4, -0.2) is 25.0 Å². The molecule has 0 aliphatic carbocycles. The first-order valence-corrected chi connectivity index (χ1v) is 5.93. The van der Waals surface area contributed by atoms with Crippen LogP contribution in [0.1, 0.15) is 17.5 Å². The van der Waals surface area contributed by atoms with Gasteiger partial charge in [0.05, 0.1) is 13.2 Å². The molecular formula is C13H14N2O3. The van der Waals surface area contributed by atoms with Gasteiger partial charge in [-0.05, 0) is 23.6 Å². The molecule has 5 nitrogen and oxygen atoms in total. The molecule has 1 saturated heterocycles. The number of carbonyl (C=O) groups is 2. The third-order valence-corrected chi connectivity index (χ3v) is 3.72. The molecule has 0 saturated carbocycles. The van der Waals surface area contributed by atoms with Crippen molar-refractivity contribution in [3.63, 3.8) is 0 Å². The minimum absolute atomic E-state index is 0.0341. The number of aryl methyl sites for hydroxylation is 1. The fourth-order valence-electron chi connectivity index (χ4n) is 2.44. The summed E-state index contributed by atoms with van der Waals surface area (Å²) in [6.07, 6.45) is 1.18. The van der Waals surface area contributed by atoms with Crippen molar-refractivity contribution in [1.29, 1.82) is 0 Å². The zero-order valence-corrected chi connectivity index (χ0v) is 9.86. The average Bonchev–Trinajstić information content (AvgIpc) is 2.27. The van der Waals surface area contributed by atoms with E-state index >= 15 is 0 Å². The molecule has 3 rings (SSSR count). The van der Waals surface area contributed by atoms with Crippen LogP contribution in [0.2, 0.25) is 0 Å². The number of carbonyl (C=O) groups excluding carboxylic acids is 2. The minimum Gasteiger partial charge on any atom is -0.378 e. The predicted molar refractivity (Wildman–Crippen MR) is 65.1 cm³/mol. The lowest BCUT2D eigenvalue weighted by molar-refractivity contribution is -0.141. The summed E-state index contributed by atoms with van der Waals surface area (Å²) in [6, 6.07) is 5.64. The van der Waals surface area contributed by atoms with Gasteiger partial charge < -0.3 is 15.8 Å². The van der Waals surface area contributed by atoms with Gasteiger partial charge in [0, 0.05) is 12.1 Å². The Morgan fingerprint density at radius 1 is 1.33 bits per heavy atom. The summed E-state index contributed by atoms with van der Waals surface area (Å²) >= 11 is 0. The highest BCUT2D eigenvalue weighted by Crippen LogP contribution is 2.35. The summed E-state index contributed by atoms with van der Waals surface area (Å²) in [7, 11) is 0. The Balaban J connectivity index is 2.00. The van der Waals surface area contributed by atoms with E-state index in [-0.39, 0.29) is 11.8 Å². The molecule has 3 N–H and O–H groups in total. The average molecular weight is 246 g/mol. The Kier molecular flexibility index (Phi) is 2.38. The van der Waals surface area contributed by atoms with Crippen LogP contribution < -0.4 is 11.1 Å². The van der Waals surface area contributed by atoms with Crippen LogP contribution in [0.4, 0.5) is 5.69 Å². The molecule has 0 radical (unpaired) electrons. The summed E-state index contributed by atoms with van der Waals surface area (Å²) in [5.74, 6) is -0.319. The molecule has 0 atom stereocenters. The summed E-state index contributed by atoms with van der Waals surface area (Å²) in [5, 5.41) is 2.82. The standard InChI is InChI=1S/C13H14N2O3/c14-12(17)13(6-18-7-13)9-2-3-10-8(5-9)1-4-11(16)15-10/h2-3,5H,1,4,6-7H2,(H2,14,17)(H,15,16). The third-order valence-electron chi connectivity index (χ3n) is 3.72. The molecule has 2 amide bonds. The lowest BCUT2D eigenvalue weighted by Gasteiger charge is -2.39. The van der Waals surface area contributed by atoms with Crippen LogP contribution in [-0.2, 0) is 26.2 Å². The summed E-state index contributed by atoms with van der Waals surface area (Å²) < 4.78 is 5.14. The topological polar surface area (TPSA) is 81.4 Å². The molecule has 2 aliphatic rings. The molecule has 2 heterocycles. The lowest BCUT2D eigenvalue weighted by atomic mass is 9.77. The van der Waals surface area contributed by atoms with E-state index in [4.69, 9.17) is 10.5 Å². The van der Waals surface area contributed by atoms with Gasteiger partial charge in [-0.2, -0.15) is 0 Å². The van der Waals surface area contributed by atoms with E-state index in [1.807, 2.05) is 18.2 Å². The largest absolute Gasteiger partial charge is 0.378 e. The number of nitrogens with two attached hydrogens (primary N) is 1. The maximum Gasteiger partial charge on any atom is 0.232 e. The van der Waals surface area contributed by atoms with Gasteiger partial charge in [0.2, 0.25) is 11.8 Å². The normalized spacial score (nSPS) is 20.6. The van der Waals surface area contributed by atoms with E-state index < -0.39 is 5.41 Å². The first-order valence-electron chi connectivity index (χ1n) is 5.93. The molecule has 5 heteroatoms. The molecule has 0 aromatic heterocycles. The highest BCUT2D eigenvalue weighted by molar-refractivity contribution is 5.94. The zero-order chi connectivity index (χ0) is 12.8. The van der Waals surface area contributed by atoms with Crippen LogP contribution in [0, 0.1) is 0 Å². The predicted octanol–water partition coefficient (Wildman–Crippen LogP) is 0.325. The second-order valence-electron chi connectivity index (χ2n) is 4.86. The smallest absolute Gasteiger partial charge is 0.232 e. The summed E-state index contributed by atoms with van der Waals surface area (Å²) in [5.41, 5.74) is 7.56. The number of benzene rings is 1. The fourth-order valence-corrected chi connectivity index (χ4v) is 2.44. The van der Waals surface area contributed by atoms with Crippen molar-refractivity contribution in [2.24, 2.45) is 5.73 Å². The third kappa shape index (κ3) is 1.51. The Morgan fingerprint density at radius 3 is 2.72 bits per heavy atom. The quantitative estimate of drug-likeness (QED) is 0.788. The van der Waals surface area contributed by atoms with Crippen molar-refractivity contribution in [1.82, 2.24) is 0 Å². The van der Waals surface area contributed by atoms with Crippen LogP contribution in [0.15, 0.2) is 18.2 Å². The van der Waals surface area contributed by atoms with Crippen LogP contribution in [0.25, 0.3) is 0 Å². The molecule has 2 aliphatic heterocycles. The fraction of sp³-hybridized carbons (Fsp3) is 0.385. The lowest BCUT2D eigenvalue weighted by Crippen LogP contribution is -2.56. The second-order valence-corrected chi connectivity index (χ2v) is 4.86. The van der Waals surface area contributed by atoms with Gasteiger partial charge in [-0.25, -0.2) is 0 Å². The van der Waals surface area contributed by atoms with Gasteiger partial charge in [-0.1, -0.05) is 12.1 Å². The molecule has 0 bridgehead atoms. The van der Waals surface area contributed by atoms with Crippen molar-refractivity contribution >= 4 is 17.5 Å². The van der Waals surface area contributed by atoms with E-state index in [1.165, 1.54) is 0 Å². The van der Waals surface area contributed by atoms with Gasteiger partial charge in [0.15, 0.2) is 0 Å². The van der Waals surface area contributed by atoms with Crippen molar-refractivity contribution in [3.8, 4) is 0 Å². The van der Waals surface area contributed by atoms with E-state index in [0.717, 1.165) is 16.8 Å². The minimum atomic E-state index is -0.684. The van der Waals surface area contributed by atoms with Crippen LogP contribution in [0.3, 0.4) is 0 Å². The molecular weight excluding hydrogens is 232 g/mol. The van der Waals surface area contributed by atoms with E-state index in [1.54, 1.807) is 0 Å². The molecule has 1 fully saturated rings. The molecule has 0 spiro atoms. The maximum absolute atomic E-state index is 11.6. The Labute approximate surface area is 104 Å². The van der Waals surface area contributed by atoms with Gasteiger partial charge in [-0.15, -0.1) is 0 Å². The van der Waals surface area contributed by atoms with Crippen LogP contribution >= 0.6 is 0 Å². The number of hydrogen-bond donors (Lipinski definition) is 2. The van der Waals surface area contributed by atoms with Gasteiger partial charge in [0.25, 0.3) is 0 Å². The van der Waals surface area contributed by atoms with Crippen LogP contribution in [0.5, 0.6) is 0 Å².